The van der Waals surface area contributed by atoms with E-state index in [2.05, 4.69) is 10.2 Å². The van der Waals surface area contributed by atoms with E-state index in [1.807, 2.05) is 20.0 Å². The third kappa shape index (κ3) is 3.83. The van der Waals surface area contributed by atoms with Crippen LogP contribution in [-0.4, -0.2) is 31.7 Å². The van der Waals surface area contributed by atoms with Gasteiger partial charge in [-0.05, 0) is 41.3 Å². The molecule has 0 saturated carbocycles. The highest BCUT2D eigenvalue weighted by Crippen LogP contribution is 2.40. The van der Waals surface area contributed by atoms with E-state index in [1.54, 1.807) is 29.1 Å². The van der Waals surface area contributed by atoms with Crippen molar-refractivity contribution < 1.29 is 27.9 Å². The lowest BCUT2D eigenvalue weighted by molar-refractivity contribution is -0.138. The Hall–Kier alpha value is -3.69. The van der Waals surface area contributed by atoms with E-state index in [9.17, 15) is 27.9 Å². The van der Waals surface area contributed by atoms with E-state index in [4.69, 9.17) is 0 Å². The highest BCUT2D eigenvalue weighted by atomic mass is 19.4. The second-order valence-corrected chi connectivity index (χ2v) is 7.80. The summed E-state index contributed by atoms with van der Waals surface area (Å²) in [7, 11) is 1.84. The average molecular weight is 444 g/mol. The number of rotatable bonds is 5. The predicted molar refractivity (Wildman–Crippen MR) is 108 cm³/mol. The Morgan fingerprint density at radius 1 is 1.25 bits per heavy atom. The molecule has 0 bridgehead atoms. The standard InChI is InChI=1S/C22H19F3N4O3/c1-12(6-19-27-26-11-28(19)2)13-4-3-5-15(7-13)29-10-17-16(20(29)30)8-14(21(31)32)9-18(17)22(23,24)25/h3-5,7-9,11-12H,6,10H2,1-2H3,(H,31,32). The number of alkyl halides is 3. The van der Waals surface area contributed by atoms with Gasteiger partial charge >= 0.3 is 12.1 Å². The van der Waals surface area contributed by atoms with E-state index in [0.29, 0.717) is 18.2 Å². The number of aromatic carboxylic acids is 1. The fourth-order valence-electron chi connectivity index (χ4n) is 3.88. The lowest BCUT2D eigenvalue weighted by Crippen LogP contribution is -2.23. The summed E-state index contributed by atoms with van der Waals surface area (Å²) in [5, 5.41) is 17.1. The molecule has 32 heavy (non-hydrogen) atoms. The van der Waals surface area contributed by atoms with Crippen molar-refractivity contribution in [2.24, 2.45) is 7.05 Å². The van der Waals surface area contributed by atoms with Crippen LogP contribution in [0.4, 0.5) is 18.9 Å². The number of aromatic nitrogens is 3. The summed E-state index contributed by atoms with van der Waals surface area (Å²) in [5.74, 6) is -1.39. The topological polar surface area (TPSA) is 88.3 Å². The maximum absolute atomic E-state index is 13.6. The molecular weight excluding hydrogens is 425 g/mol. The fourth-order valence-corrected chi connectivity index (χ4v) is 3.88. The summed E-state index contributed by atoms with van der Waals surface area (Å²) in [5.41, 5.74) is -0.804. The minimum absolute atomic E-state index is 0.0160. The van der Waals surface area contributed by atoms with Crippen LogP contribution in [0.1, 0.15) is 56.1 Å². The summed E-state index contributed by atoms with van der Waals surface area (Å²) in [4.78, 5) is 25.5. The van der Waals surface area contributed by atoms with Crippen molar-refractivity contribution in [2.45, 2.75) is 32.0 Å². The summed E-state index contributed by atoms with van der Waals surface area (Å²) < 4.78 is 42.6. The van der Waals surface area contributed by atoms with Crippen molar-refractivity contribution in [2.75, 3.05) is 4.90 Å². The number of carboxylic acid groups (broad SMARTS) is 1. The molecule has 3 aromatic rings. The second-order valence-electron chi connectivity index (χ2n) is 7.80. The van der Waals surface area contributed by atoms with E-state index >= 15 is 0 Å². The number of hydrogen-bond acceptors (Lipinski definition) is 4. The third-order valence-corrected chi connectivity index (χ3v) is 5.64. The summed E-state index contributed by atoms with van der Waals surface area (Å²) in [6.07, 6.45) is -2.59. The molecule has 1 aliphatic heterocycles. The summed E-state index contributed by atoms with van der Waals surface area (Å²) in [6.45, 7) is 1.69. The van der Waals surface area contributed by atoms with Gasteiger partial charge in [-0.2, -0.15) is 13.2 Å². The highest BCUT2D eigenvalue weighted by molar-refractivity contribution is 6.11. The van der Waals surface area contributed by atoms with Crippen molar-refractivity contribution >= 4 is 17.6 Å². The zero-order valence-corrected chi connectivity index (χ0v) is 17.2. The summed E-state index contributed by atoms with van der Waals surface area (Å²) >= 11 is 0. The molecule has 0 saturated heterocycles. The normalized spacial score (nSPS) is 14.5. The van der Waals surface area contributed by atoms with Crippen LogP contribution >= 0.6 is 0 Å². The van der Waals surface area contributed by atoms with Gasteiger partial charge in [-0.25, -0.2) is 4.79 Å². The molecule has 10 heteroatoms. The van der Waals surface area contributed by atoms with E-state index in [-0.39, 0.29) is 23.6 Å². The van der Waals surface area contributed by atoms with Gasteiger partial charge in [0.05, 0.1) is 17.7 Å². The number of hydrogen-bond donors (Lipinski definition) is 1. The van der Waals surface area contributed by atoms with Crippen LogP contribution in [0.3, 0.4) is 0 Å². The second kappa shape index (κ2) is 7.77. The smallest absolute Gasteiger partial charge is 0.416 e. The SMILES string of the molecule is CC(Cc1nncn1C)c1cccc(N2Cc3c(cc(C(=O)O)cc3C(F)(F)F)C2=O)c1. The molecule has 0 fully saturated rings. The van der Waals surface area contributed by atoms with Gasteiger partial charge in [0.25, 0.3) is 5.91 Å². The largest absolute Gasteiger partial charge is 0.478 e. The maximum Gasteiger partial charge on any atom is 0.416 e. The predicted octanol–water partition coefficient (Wildman–Crippen LogP) is 4.04. The Kier molecular flexibility index (Phi) is 5.23. The van der Waals surface area contributed by atoms with Gasteiger partial charge in [0, 0.05) is 24.7 Å². The van der Waals surface area contributed by atoms with Crippen molar-refractivity contribution in [3.05, 3.63) is 76.4 Å². The Morgan fingerprint density at radius 2 is 2.00 bits per heavy atom. The highest BCUT2D eigenvalue weighted by Gasteiger charge is 2.41. The third-order valence-electron chi connectivity index (χ3n) is 5.64. The number of benzene rings is 2. The van der Waals surface area contributed by atoms with Crippen LogP contribution in [0.25, 0.3) is 0 Å². The van der Waals surface area contributed by atoms with Crippen molar-refractivity contribution in [3.8, 4) is 0 Å². The Bertz CT molecular complexity index is 1220. The van der Waals surface area contributed by atoms with Gasteiger partial charge in [0.15, 0.2) is 0 Å². The monoisotopic (exact) mass is 444 g/mol. The van der Waals surface area contributed by atoms with E-state index in [0.717, 1.165) is 17.5 Å². The van der Waals surface area contributed by atoms with Crippen LogP contribution in [0.2, 0.25) is 0 Å². The number of nitrogens with zero attached hydrogens (tertiary/aromatic N) is 4. The molecule has 0 spiro atoms. The zero-order chi connectivity index (χ0) is 23.2. The Morgan fingerprint density at radius 3 is 2.62 bits per heavy atom. The van der Waals surface area contributed by atoms with Gasteiger partial charge in [0.1, 0.15) is 12.2 Å². The van der Waals surface area contributed by atoms with E-state index < -0.39 is 29.2 Å². The Balaban J connectivity index is 1.68. The van der Waals surface area contributed by atoms with Crippen LogP contribution in [0, 0.1) is 0 Å². The minimum Gasteiger partial charge on any atom is -0.478 e. The first-order valence-corrected chi connectivity index (χ1v) is 9.78. The van der Waals surface area contributed by atoms with Gasteiger partial charge in [-0.1, -0.05) is 19.1 Å². The first-order valence-electron chi connectivity index (χ1n) is 9.78. The molecule has 166 valence electrons. The lowest BCUT2D eigenvalue weighted by atomic mass is 9.97. The molecule has 1 aromatic heterocycles. The molecule has 0 radical (unpaired) electrons. The zero-order valence-electron chi connectivity index (χ0n) is 17.2. The Labute approximate surface area is 181 Å². The molecular formula is C22H19F3N4O3. The molecule has 7 nitrogen and oxygen atoms in total. The van der Waals surface area contributed by atoms with E-state index in [1.165, 1.54) is 4.90 Å². The number of amides is 1. The first kappa shape index (κ1) is 21.5. The molecule has 0 aliphatic carbocycles. The number of carbonyl (C=O) groups is 2. The first-order chi connectivity index (χ1) is 15.1. The van der Waals surface area contributed by atoms with Crippen molar-refractivity contribution in [1.82, 2.24) is 14.8 Å². The van der Waals surface area contributed by atoms with Crippen LogP contribution < -0.4 is 4.90 Å². The number of aryl methyl sites for hydroxylation is 1. The molecule has 1 N–H and O–H groups in total. The van der Waals surface area contributed by atoms with Crippen molar-refractivity contribution in [3.63, 3.8) is 0 Å². The number of carbonyl (C=O) groups excluding carboxylic acids is 1. The number of anilines is 1. The molecule has 2 aromatic carbocycles. The molecule has 1 atom stereocenters. The van der Waals surface area contributed by atoms with Crippen molar-refractivity contribution in [1.29, 1.82) is 0 Å². The molecule has 4 rings (SSSR count). The fraction of sp³-hybridized carbons (Fsp3) is 0.273. The maximum atomic E-state index is 13.6. The number of carboxylic acids is 1. The number of fused-ring (bicyclic) bond motifs is 1. The van der Waals surface area contributed by atoms with Gasteiger partial charge in [0.2, 0.25) is 0 Å². The molecule has 1 unspecified atom stereocenters. The number of halogens is 3. The van der Waals surface area contributed by atoms with Crippen LogP contribution in [-0.2, 0) is 26.2 Å². The molecule has 1 amide bonds. The van der Waals surface area contributed by atoms with Gasteiger partial charge in [-0.3, -0.25) is 4.79 Å². The van der Waals surface area contributed by atoms with Crippen LogP contribution in [0.15, 0.2) is 42.7 Å². The lowest BCUT2D eigenvalue weighted by Gasteiger charge is -2.19. The van der Waals surface area contributed by atoms with Gasteiger partial charge in [-0.15, -0.1) is 10.2 Å². The average Bonchev–Trinajstić information content (AvgIpc) is 3.29. The molecule has 2 heterocycles. The quantitative estimate of drug-likeness (QED) is 0.642. The van der Waals surface area contributed by atoms with Crippen LogP contribution in [0.5, 0.6) is 0 Å². The summed E-state index contributed by atoms with van der Waals surface area (Å²) in [6, 6.07) is 8.61. The molecule has 1 aliphatic rings. The minimum atomic E-state index is -4.78. The van der Waals surface area contributed by atoms with Gasteiger partial charge < -0.3 is 14.6 Å².